The molecule has 1 aromatic carbocycles. The summed E-state index contributed by atoms with van der Waals surface area (Å²) in [6.45, 7) is 3.66. The maximum absolute atomic E-state index is 11.9. The van der Waals surface area contributed by atoms with Crippen molar-refractivity contribution in [2.45, 2.75) is 25.8 Å². The van der Waals surface area contributed by atoms with Gasteiger partial charge in [0, 0.05) is 31.8 Å². The Labute approximate surface area is 141 Å². The molecule has 0 spiro atoms. The highest BCUT2D eigenvalue weighted by Crippen LogP contribution is 2.12. The lowest BCUT2D eigenvalue weighted by molar-refractivity contribution is -0.130. The van der Waals surface area contributed by atoms with Crippen molar-refractivity contribution in [2.24, 2.45) is 0 Å². The molecule has 0 bridgehead atoms. The number of ether oxygens (including phenoxy) is 1. The average molecular weight is 336 g/mol. The highest BCUT2D eigenvalue weighted by molar-refractivity contribution is 7.99. The van der Waals surface area contributed by atoms with E-state index in [1.54, 1.807) is 18.7 Å². The quantitative estimate of drug-likeness (QED) is 0.773. The first-order valence-corrected chi connectivity index (χ1v) is 9.11. The Morgan fingerprint density at radius 1 is 1.26 bits per heavy atom. The Balaban J connectivity index is 1.53. The molecule has 0 atom stereocenters. The summed E-state index contributed by atoms with van der Waals surface area (Å²) in [5.41, 5.74) is 0. The zero-order valence-corrected chi connectivity index (χ0v) is 14.3. The van der Waals surface area contributed by atoms with Gasteiger partial charge in [-0.15, -0.1) is 11.8 Å². The van der Waals surface area contributed by atoms with Crippen LogP contribution in [0.2, 0.25) is 0 Å². The Morgan fingerprint density at radius 2 is 1.96 bits per heavy atom. The highest BCUT2D eigenvalue weighted by Gasteiger charge is 2.21. The van der Waals surface area contributed by atoms with E-state index in [4.69, 9.17) is 4.74 Å². The molecule has 0 aliphatic carbocycles. The van der Waals surface area contributed by atoms with E-state index >= 15 is 0 Å². The van der Waals surface area contributed by atoms with Crippen molar-refractivity contribution in [1.29, 1.82) is 0 Å². The van der Waals surface area contributed by atoms with Crippen LogP contribution >= 0.6 is 11.8 Å². The van der Waals surface area contributed by atoms with Gasteiger partial charge in [0.25, 0.3) is 0 Å². The molecule has 23 heavy (non-hydrogen) atoms. The first-order valence-electron chi connectivity index (χ1n) is 7.95. The first-order chi connectivity index (χ1) is 11.1. The number of para-hydroxylation sites is 1. The number of likely N-dealkylation sites (tertiary alicyclic amines) is 1. The molecule has 6 heteroatoms. The molecule has 2 amide bonds. The number of nitrogens with one attached hydrogen (secondary N) is 1. The summed E-state index contributed by atoms with van der Waals surface area (Å²) in [6, 6.07) is 9.86. The summed E-state index contributed by atoms with van der Waals surface area (Å²) < 4.78 is 5.58. The molecular formula is C17H24N2O3S. The smallest absolute Gasteiger partial charge is 0.230 e. The summed E-state index contributed by atoms with van der Waals surface area (Å²) in [5.74, 6) is 2.27. The zero-order chi connectivity index (χ0) is 16.5. The molecule has 0 aromatic heterocycles. The van der Waals surface area contributed by atoms with E-state index < -0.39 is 0 Å². The molecule has 126 valence electrons. The van der Waals surface area contributed by atoms with Crippen LogP contribution < -0.4 is 10.1 Å². The molecule has 1 aliphatic rings. The van der Waals surface area contributed by atoms with Gasteiger partial charge in [-0.25, -0.2) is 0 Å². The molecule has 5 nitrogen and oxygen atoms in total. The van der Waals surface area contributed by atoms with E-state index in [0.717, 1.165) is 37.4 Å². The molecule has 1 aromatic rings. The molecule has 2 rings (SSSR count). The van der Waals surface area contributed by atoms with Crippen molar-refractivity contribution in [2.75, 3.05) is 31.2 Å². The van der Waals surface area contributed by atoms with Gasteiger partial charge in [-0.3, -0.25) is 9.59 Å². The number of rotatable bonds is 7. The van der Waals surface area contributed by atoms with Gasteiger partial charge in [-0.1, -0.05) is 18.2 Å². The van der Waals surface area contributed by atoms with Crippen LogP contribution in [-0.2, 0) is 9.59 Å². The van der Waals surface area contributed by atoms with Crippen LogP contribution in [0, 0.1) is 0 Å². The van der Waals surface area contributed by atoms with Crippen LogP contribution in [0.1, 0.15) is 19.8 Å². The third-order valence-electron chi connectivity index (χ3n) is 3.78. The fourth-order valence-corrected chi connectivity index (χ4v) is 3.12. The Bertz CT molecular complexity index is 502. The topological polar surface area (TPSA) is 58.6 Å². The lowest BCUT2D eigenvalue weighted by Gasteiger charge is -2.31. The monoisotopic (exact) mass is 336 g/mol. The van der Waals surface area contributed by atoms with Gasteiger partial charge in [0.2, 0.25) is 11.8 Å². The Morgan fingerprint density at radius 3 is 2.61 bits per heavy atom. The minimum absolute atomic E-state index is 0.0657. The number of hydrogen-bond acceptors (Lipinski definition) is 4. The van der Waals surface area contributed by atoms with Gasteiger partial charge in [-0.2, -0.15) is 0 Å². The largest absolute Gasteiger partial charge is 0.493 e. The van der Waals surface area contributed by atoms with Crippen molar-refractivity contribution in [3.8, 4) is 5.75 Å². The zero-order valence-electron chi connectivity index (χ0n) is 13.5. The molecule has 0 radical (unpaired) electrons. The average Bonchev–Trinajstić information content (AvgIpc) is 2.56. The van der Waals surface area contributed by atoms with E-state index in [9.17, 15) is 9.59 Å². The van der Waals surface area contributed by atoms with Crippen molar-refractivity contribution in [3.05, 3.63) is 30.3 Å². The normalized spacial score (nSPS) is 15.3. The molecule has 0 saturated carbocycles. The van der Waals surface area contributed by atoms with Crippen molar-refractivity contribution in [3.63, 3.8) is 0 Å². The lowest BCUT2D eigenvalue weighted by Crippen LogP contribution is -2.46. The molecule has 1 N–H and O–H groups in total. The van der Waals surface area contributed by atoms with Gasteiger partial charge in [0.15, 0.2) is 0 Å². The van der Waals surface area contributed by atoms with Crippen LogP contribution in [0.25, 0.3) is 0 Å². The van der Waals surface area contributed by atoms with Gasteiger partial charge in [0.1, 0.15) is 5.75 Å². The third-order valence-corrected chi connectivity index (χ3v) is 4.70. The van der Waals surface area contributed by atoms with Crippen molar-refractivity contribution < 1.29 is 14.3 Å². The standard InChI is InChI=1S/C17H24N2O3S/c1-14(20)19-9-7-15(8-10-19)18-17(21)13-23-12-11-22-16-5-3-2-4-6-16/h2-6,15H,7-13H2,1H3,(H,18,21). The number of thioether (sulfide) groups is 1. The van der Waals surface area contributed by atoms with E-state index in [2.05, 4.69) is 5.32 Å². The van der Waals surface area contributed by atoms with Gasteiger partial charge in [-0.05, 0) is 25.0 Å². The summed E-state index contributed by atoms with van der Waals surface area (Å²) in [7, 11) is 0. The minimum Gasteiger partial charge on any atom is -0.493 e. The molecular weight excluding hydrogens is 312 g/mol. The lowest BCUT2D eigenvalue weighted by atomic mass is 10.1. The van der Waals surface area contributed by atoms with E-state index in [-0.39, 0.29) is 17.9 Å². The Kier molecular flexibility index (Phi) is 7.26. The Hall–Kier alpha value is -1.69. The van der Waals surface area contributed by atoms with Crippen LogP contribution in [0.3, 0.4) is 0 Å². The minimum atomic E-state index is 0.0657. The van der Waals surface area contributed by atoms with Crippen molar-refractivity contribution in [1.82, 2.24) is 10.2 Å². The number of piperidine rings is 1. The third kappa shape index (κ3) is 6.52. The van der Waals surface area contributed by atoms with Crippen LogP contribution in [-0.4, -0.2) is 54.0 Å². The van der Waals surface area contributed by atoms with Crippen LogP contribution in [0.4, 0.5) is 0 Å². The number of carbonyl (C=O) groups excluding carboxylic acids is 2. The highest BCUT2D eigenvalue weighted by atomic mass is 32.2. The molecule has 1 saturated heterocycles. The van der Waals surface area contributed by atoms with E-state index in [1.165, 1.54) is 0 Å². The predicted octanol–water partition coefficient (Wildman–Crippen LogP) is 1.93. The van der Waals surface area contributed by atoms with E-state index in [0.29, 0.717) is 12.4 Å². The number of carbonyl (C=O) groups is 2. The van der Waals surface area contributed by atoms with Crippen LogP contribution in [0.5, 0.6) is 5.75 Å². The summed E-state index contributed by atoms with van der Waals surface area (Å²) in [4.78, 5) is 25.0. The molecule has 1 heterocycles. The van der Waals surface area contributed by atoms with Gasteiger partial charge >= 0.3 is 0 Å². The fourth-order valence-electron chi connectivity index (χ4n) is 2.51. The number of benzene rings is 1. The maximum atomic E-state index is 11.9. The number of nitrogens with zero attached hydrogens (tertiary/aromatic N) is 1. The number of amides is 2. The second-order valence-electron chi connectivity index (χ2n) is 5.56. The van der Waals surface area contributed by atoms with Gasteiger partial charge < -0.3 is 15.0 Å². The van der Waals surface area contributed by atoms with Gasteiger partial charge in [0.05, 0.1) is 12.4 Å². The first kappa shape index (κ1) is 17.7. The summed E-state index contributed by atoms with van der Waals surface area (Å²) >= 11 is 1.57. The van der Waals surface area contributed by atoms with Crippen LogP contribution in [0.15, 0.2) is 30.3 Å². The maximum Gasteiger partial charge on any atom is 0.230 e. The fraction of sp³-hybridized carbons (Fsp3) is 0.529. The second-order valence-corrected chi connectivity index (χ2v) is 6.67. The number of hydrogen-bond donors (Lipinski definition) is 1. The molecule has 0 unspecified atom stereocenters. The molecule has 1 fully saturated rings. The molecule has 1 aliphatic heterocycles. The SMILES string of the molecule is CC(=O)N1CCC(NC(=O)CSCCOc2ccccc2)CC1. The second kappa shape index (κ2) is 9.45. The summed E-state index contributed by atoms with van der Waals surface area (Å²) in [5, 5.41) is 3.05. The van der Waals surface area contributed by atoms with Crippen molar-refractivity contribution >= 4 is 23.6 Å². The summed E-state index contributed by atoms with van der Waals surface area (Å²) in [6.07, 6.45) is 1.68. The van der Waals surface area contributed by atoms with E-state index in [1.807, 2.05) is 35.2 Å². The predicted molar refractivity (Wildman–Crippen MR) is 92.7 cm³/mol.